The molecule has 9 heteroatoms. The zero-order chi connectivity index (χ0) is 14.9. The summed E-state index contributed by atoms with van der Waals surface area (Å²) in [5.41, 5.74) is 0.394. The van der Waals surface area contributed by atoms with E-state index in [1.807, 2.05) is 0 Å². The molecular formula is C11H7Br2NO5S. The van der Waals surface area contributed by atoms with Gasteiger partial charge in [-0.3, -0.25) is 0 Å². The number of halogens is 2. The highest BCUT2D eigenvalue weighted by molar-refractivity contribution is 9.12. The van der Waals surface area contributed by atoms with Crippen LogP contribution in [0.4, 0.5) is 0 Å². The number of oxazole rings is 1. The van der Waals surface area contributed by atoms with Gasteiger partial charge in [-0.05, 0) is 37.9 Å². The number of carbonyl (C=O) groups is 2. The summed E-state index contributed by atoms with van der Waals surface area (Å²) in [6, 6.07) is 1.75. The van der Waals surface area contributed by atoms with Gasteiger partial charge in [0.25, 0.3) is 0 Å². The van der Waals surface area contributed by atoms with Gasteiger partial charge in [-0.15, -0.1) is 11.3 Å². The van der Waals surface area contributed by atoms with E-state index < -0.39 is 11.9 Å². The highest BCUT2D eigenvalue weighted by atomic mass is 79.9. The van der Waals surface area contributed by atoms with Gasteiger partial charge in [0.1, 0.15) is 0 Å². The molecule has 2 heterocycles. The topological polar surface area (TPSA) is 78.6 Å². The zero-order valence-corrected chi connectivity index (χ0v) is 14.2. The summed E-state index contributed by atoms with van der Waals surface area (Å²) >= 11 is 8.09. The van der Waals surface area contributed by atoms with Crippen molar-refractivity contribution in [1.29, 1.82) is 0 Å². The fourth-order valence-corrected chi connectivity index (χ4v) is 4.17. The number of ether oxygens (including phenoxy) is 2. The average Bonchev–Trinajstić information content (AvgIpc) is 3.00. The largest absolute Gasteiger partial charge is 0.464 e. The Hall–Kier alpha value is -1.19. The van der Waals surface area contributed by atoms with E-state index in [0.29, 0.717) is 5.56 Å². The maximum absolute atomic E-state index is 11.6. The standard InChI is InChI=1S/C11H7Br2NO5S/c1-17-10(15)6-7(11(16)18-2)19-9(14-6)4-3-5(12)20-8(4)13/h3H,1-2H3. The Kier molecular flexibility index (Phi) is 4.61. The number of hydrogen-bond acceptors (Lipinski definition) is 7. The van der Waals surface area contributed by atoms with E-state index >= 15 is 0 Å². The molecule has 0 atom stereocenters. The van der Waals surface area contributed by atoms with Gasteiger partial charge < -0.3 is 13.9 Å². The van der Waals surface area contributed by atoms with Crippen molar-refractivity contribution in [1.82, 2.24) is 4.98 Å². The number of esters is 2. The molecule has 0 aliphatic carbocycles. The molecule has 0 aliphatic heterocycles. The van der Waals surface area contributed by atoms with E-state index in [2.05, 4.69) is 46.3 Å². The van der Waals surface area contributed by atoms with Gasteiger partial charge in [-0.25, -0.2) is 14.6 Å². The maximum Gasteiger partial charge on any atom is 0.376 e. The molecule has 0 radical (unpaired) electrons. The van der Waals surface area contributed by atoms with Crippen molar-refractivity contribution in [2.24, 2.45) is 0 Å². The summed E-state index contributed by atoms with van der Waals surface area (Å²) in [7, 11) is 2.37. The molecule has 0 spiro atoms. The minimum atomic E-state index is -0.797. The minimum Gasteiger partial charge on any atom is -0.464 e. The average molecular weight is 425 g/mol. The molecule has 2 aromatic rings. The van der Waals surface area contributed by atoms with Gasteiger partial charge in [-0.1, -0.05) is 0 Å². The van der Waals surface area contributed by atoms with Crippen molar-refractivity contribution in [2.75, 3.05) is 14.2 Å². The number of hydrogen-bond donors (Lipinski definition) is 0. The van der Waals surface area contributed by atoms with E-state index in [1.54, 1.807) is 6.07 Å². The van der Waals surface area contributed by atoms with Gasteiger partial charge in [-0.2, -0.15) is 0 Å². The van der Waals surface area contributed by atoms with Crippen LogP contribution in [0.15, 0.2) is 18.1 Å². The second-order valence-electron chi connectivity index (χ2n) is 3.42. The van der Waals surface area contributed by atoms with Crippen LogP contribution >= 0.6 is 43.2 Å². The van der Waals surface area contributed by atoms with Crippen LogP contribution in [-0.2, 0) is 9.47 Å². The van der Waals surface area contributed by atoms with Crippen molar-refractivity contribution >= 4 is 55.1 Å². The number of rotatable bonds is 3. The van der Waals surface area contributed by atoms with Crippen LogP contribution in [0.5, 0.6) is 0 Å². The van der Waals surface area contributed by atoms with Crippen LogP contribution in [0.3, 0.4) is 0 Å². The zero-order valence-electron chi connectivity index (χ0n) is 10.2. The molecule has 2 aromatic heterocycles. The van der Waals surface area contributed by atoms with Crippen molar-refractivity contribution in [3.05, 3.63) is 25.1 Å². The molecule has 20 heavy (non-hydrogen) atoms. The molecule has 6 nitrogen and oxygen atoms in total. The molecular weight excluding hydrogens is 418 g/mol. The van der Waals surface area contributed by atoms with Crippen LogP contribution < -0.4 is 0 Å². The van der Waals surface area contributed by atoms with Crippen molar-refractivity contribution < 1.29 is 23.5 Å². The highest BCUT2D eigenvalue weighted by Crippen LogP contribution is 2.38. The lowest BCUT2D eigenvalue weighted by molar-refractivity contribution is 0.0527. The van der Waals surface area contributed by atoms with Crippen molar-refractivity contribution in [3.8, 4) is 11.5 Å². The first kappa shape index (κ1) is 15.2. The number of thiophene rings is 1. The second-order valence-corrected chi connectivity index (χ2v) is 7.17. The molecule has 0 aromatic carbocycles. The van der Waals surface area contributed by atoms with Gasteiger partial charge in [0, 0.05) is 0 Å². The Morgan fingerprint density at radius 2 is 1.90 bits per heavy atom. The van der Waals surface area contributed by atoms with E-state index in [4.69, 9.17) is 4.42 Å². The summed E-state index contributed by atoms with van der Waals surface area (Å²) in [4.78, 5) is 27.2. The summed E-state index contributed by atoms with van der Waals surface area (Å²) in [5.74, 6) is -1.73. The Morgan fingerprint density at radius 3 is 2.40 bits per heavy atom. The molecule has 0 fully saturated rings. The Morgan fingerprint density at radius 1 is 1.25 bits per heavy atom. The Labute approximate surface area is 134 Å². The molecule has 0 unspecified atom stereocenters. The Bertz CT molecular complexity index is 645. The van der Waals surface area contributed by atoms with E-state index in [0.717, 1.165) is 7.57 Å². The first-order valence-electron chi connectivity index (χ1n) is 5.10. The fraction of sp³-hybridized carbons (Fsp3) is 0.182. The smallest absolute Gasteiger partial charge is 0.376 e. The highest BCUT2D eigenvalue weighted by Gasteiger charge is 2.28. The molecule has 106 valence electrons. The lowest BCUT2D eigenvalue weighted by atomic mass is 10.3. The lowest BCUT2D eigenvalue weighted by Crippen LogP contribution is -2.10. The third-order valence-corrected chi connectivity index (χ3v) is 4.60. The van der Waals surface area contributed by atoms with Crippen LogP contribution in [0.25, 0.3) is 11.5 Å². The molecule has 0 amide bonds. The van der Waals surface area contributed by atoms with Crippen molar-refractivity contribution in [3.63, 3.8) is 0 Å². The van der Waals surface area contributed by atoms with Crippen LogP contribution in [0.1, 0.15) is 21.0 Å². The third-order valence-electron chi connectivity index (χ3n) is 2.26. The summed E-state index contributed by atoms with van der Waals surface area (Å²) in [6.07, 6.45) is 0. The molecule has 0 N–H and O–H groups in total. The maximum atomic E-state index is 11.6. The van der Waals surface area contributed by atoms with Crippen LogP contribution in [0.2, 0.25) is 0 Å². The number of carbonyl (C=O) groups excluding carboxylic acids is 2. The molecule has 0 bridgehead atoms. The molecule has 0 saturated carbocycles. The lowest BCUT2D eigenvalue weighted by Gasteiger charge is -1.96. The number of nitrogens with zero attached hydrogens (tertiary/aromatic N) is 1. The molecule has 2 rings (SSSR count). The first-order chi connectivity index (χ1) is 9.47. The molecule has 0 saturated heterocycles. The quantitative estimate of drug-likeness (QED) is 0.701. The summed E-state index contributed by atoms with van der Waals surface area (Å²) in [6.45, 7) is 0. The number of aromatic nitrogens is 1. The van der Waals surface area contributed by atoms with Gasteiger partial charge in [0.2, 0.25) is 17.3 Å². The Balaban J connectivity index is 2.57. The third kappa shape index (κ3) is 2.79. The van der Waals surface area contributed by atoms with E-state index in [9.17, 15) is 9.59 Å². The van der Waals surface area contributed by atoms with Gasteiger partial charge in [0.05, 0.1) is 27.4 Å². The normalized spacial score (nSPS) is 10.4. The fourth-order valence-electron chi connectivity index (χ4n) is 1.39. The van der Waals surface area contributed by atoms with Crippen LogP contribution in [-0.4, -0.2) is 31.1 Å². The summed E-state index contributed by atoms with van der Waals surface area (Å²) < 4.78 is 16.1. The second kappa shape index (κ2) is 6.06. The van der Waals surface area contributed by atoms with E-state index in [-0.39, 0.29) is 17.3 Å². The van der Waals surface area contributed by atoms with Crippen LogP contribution in [0, 0.1) is 0 Å². The summed E-state index contributed by atoms with van der Waals surface area (Å²) in [5, 5.41) is 0. The number of methoxy groups -OCH3 is 2. The molecule has 0 aliphatic rings. The van der Waals surface area contributed by atoms with E-state index in [1.165, 1.54) is 25.6 Å². The van der Waals surface area contributed by atoms with Gasteiger partial charge >= 0.3 is 11.9 Å². The van der Waals surface area contributed by atoms with Crippen molar-refractivity contribution in [2.45, 2.75) is 0 Å². The minimum absolute atomic E-state index is 0.125. The van der Waals surface area contributed by atoms with Gasteiger partial charge in [0.15, 0.2) is 0 Å². The SMILES string of the molecule is COC(=O)c1nc(-c2cc(Br)sc2Br)oc1C(=O)OC. The predicted octanol–water partition coefficient (Wildman–Crippen LogP) is 3.50. The monoisotopic (exact) mass is 423 g/mol. The first-order valence-corrected chi connectivity index (χ1v) is 7.50. The predicted molar refractivity (Wildman–Crippen MR) is 77.9 cm³/mol.